The van der Waals surface area contributed by atoms with Gasteiger partial charge in [-0.15, -0.1) is 0 Å². The van der Waals surface area contributed by atoms with Gasteiger partial charge in [-0.25, -0.2) is 0 Å². The Kier molecular flexibility index (Phi) is 4.20. The molecule has 0 aliphatic carbocycles. The van der Waals surface area contributed by atoms with Crippen LogP contribution in [0.3, 0.4) is 0 Å². The summed E-state index contributed by atoms with van der Waals surface area (Å²) in [6, 6.07) is 0.696. The fraction of sp³-hybridized carbons (Fsp3) is 1.00. The van der Waals surface area contributed by atoms with Crippen LogP contribution in [0.4, 0.5) is 0 Å². The summed E-state index contributed by atoms with van der Waals surface area (Å²) in [5, 5.41) is 0. The van der Waals surface area contributed by atoms with Gasteiger partial charge in [0.15, 0.2) is 0 Å². The molecule has 2 N–H and O–H groups in total. The Morgan fingerprint density at radius 2 is 2.15 bits per heavy atom. The lowest BCUT2D eigenvalue weighted by molar-refractivity contribution is 0.0963. The first-order valence-electron chi connectivity index (χ1n) is 5.59. The summed E-state index contributed by atoms with van der Waals surface area (Å²) >= 11 is 0. The second kappa shape index (κ2) is 4.97. The molecule has 13 heavy (non-hydrogen) atoms. The number of rotatable bonds is 3. The number of hydrogen-bond donors (Lipinski definition) is 1. The van der Waals surface area contributed by atoms with E-state index < -0.39 is 0 Å². The molecule has 0 amide bonds. The Morgan fingerprint density at radius 3 is 2.69 bits per heavy atom. The lowest BCUT2D eigenvalue weighted by Crippen LogP contribution is -2.47. The van der Waals surface area contributed by atoms with E-state index in [0.717, 1.165) is 18.4 Å². The van der Waals surface area contributed by atoms with E-state index in [9.17, 15) is 0 Å². The topological polar surface area (TPSA) is 29.3 Å². The summed E-state index contributed by atoms with van der Waals surface area (Å²) < 4.78 is 0. The summed E-state index contributed by atoms with van der Waals surface area (Å²) in [4.78, 5) is 2.60. The average molecular weight is 184 g/mol. The Hall–Kier alpha value is -0.0800. The number of nitrogens with zero attached hydrogens (tertiary/aromatic N) is 1. The number of piperidine rings is 1. The Balaban J connectivity index is 2.44. The molecule has 2 atom stereocenters. The molecule has 0 aromatic carbocycles. The van der Waals surface area contributed by atoms with Gasteiger partial charge in [0.05, 0.1) is 0 Å². The van der Waals surface area contributed by atoms with Crippen molar-refractivity contribution in [3.63, 3.8) is 0 Å². The van der Waals surface area contributed by atoms with Crippen LogP contribution in [0.5, 0.6) is 0 Å². The first-order chi connectivity index (χ1) is 6.15. The van der Waals surface area contributed by atoms with E-state index in [-0.39, 0.29) is 0 Å². The monoisotopic (exact) mass is 184 g/mol. The van der Waals surface area contributed by atoms with E-state index in [0.29, 0.717) is 6.04 Å². The third-order valence-corrected chi connectivity index (χ3v) is 3.18. The second-order valence-electron chi connectivity index (χ2n) is 4.77. The number of hydrogen-bond acceptors (Lipinski definition) is 2. The van der Waals surface area contributed by atoms with Gasteiger partial charge in [-0.3, -0.25) is 0 Å². The lowest BCUT2D eigenvalue weighted by Gasteiger charge is -2.39. The van der Waals surface area contributed by atoms with Crippen molar-refractivity contribution in [1.82, 2.24) is 4.90 Å². The zero-order valence-electron chi connectivity index (χ0n) is 9.29. The largest absolute Gasteiger partial charge is 0.330 e. The van der Waals surface area contributed by atoms with Crippen LogP contribution >= 0.6 is 0 Å². The van der Waals surface area contributed by atoms with E-state index in [1.54, 1.807) is 0 Å². The fourth-order valence-corrected chi connectivity index (χ4v) is 2.34. The molecule has 0 bridgehead atoms. The van der Waals surface area contributed by atoms with Crippen LogP contribution in [0.25, 0.3) is 0 Å². The van der Waals surface area contributed by atoms with E-state index in [1.807, 2.05) is 0 Å². The fourth-order valence-electron chi connectivity index (χ4n) is 2.34. The van der Waals surface area contributed by atoms with Crippen molar-refractivity contribution in [1.29, 1.82) is 0 Å². The maximum Gasteiger partial charge on any atom is 0.0107 e. The smallest absolute Gasteiger partial charge is 0.0107 e. The van der Waals surface area contributed by atoms with Gasteiger partial charge in [0.1, 0.15) is 0 Å². The number of likely N-dealkylation sites (tertiary alicyclic amines) is 1. The minimum atomic E-state index is 0.696. The molecular formula is C11H24N2. The molecule has 1 aliphatic heterocycles. The molecule has 0 unspecified atom stereocenters. The van der Waals surface area contributed by atoms with Crippen LogP contribution < -0.4 is 5.73 Å². The van der Waals surface area contributed by atoms with E-state index in [4.69, 9.17) is 5.73 Å². The molecular weight excluding hydrogens is 160 g/mol. The summed E-state index contributed by atoms with van der Waals surface area (Å²) in [7, 11) is 0. The molecule has 0 aromatic heterocycles. The second-order valence-corrected chi connectivity index (χ2v) is 4.77. The summed E-state index contributed by atoms with van der Waals surface area (Å²) in [5.41, 5.74) is 5.76. The van der Waals surface area contributed by atoms with Gasteiger partial charge in [0.2, 0.25) is 0 Å². The van der Waals surface area contributed by atoms with Gasteiger partial charge in [-0.2, -0.15) is 0 Å². The first-order valence-corrected chi connectivity index (χ1v) is 5.59. The maximum absolute atomic E-state index is 5.76. The molecule has 2 heteroatoms. The zero-order valence-corrected chi connectivity index (χ0v) is 9.29. The van der Waals surface area contributed by atoms with Crippen molar-refractivity contribution >= 4 is 0 Å². The number of nitrogens with two attached hydrogens (primary N) is 1. The Labute approximate surface area is 82.5 Å². The molecule has 78 valence electrons. The molecule has 0 radical (unpaired) electrons. The minimum Gasteiger partial charge on any atom is -0.330 e. The van der Waals surface area contributed by atoms with Crippen LogP contribution in [-0.2, 0) is 0 Å². The van der Waals surface area contributed by atoms with Gasteiger partial charge < -0.3 is 10.6 Å². The highest BCUT2D eigenvalue weighted by molar-refractivity contribution is 4.81. The normalized spacial score (nSPS) is 31.2. The average Bonchev–Trinajstić information content (AvgIpc) is 2.08. The molecule has 1 heterocycles. The van der Waals surface area contributed by atoms with Gasteiger partial charge >= 0.3 is 0 Å². The molecule has 1 saturated heterocycles. The van der Waals surface area contributed by atoms with Crippen LogP contribution in [0.1, 0.15) is 33.6 Å². The maximum atomic E-state index is 5.76. The molecule has 0 saturated carbocycles. The van der Waals surface area contributed by atoms with Gasteiger partial charge in [0, 0.05) is 12.6 Å². The molecule has 0 aromatic rings. The Bertz CT molecular complexity index is 145. The van der Waals surface area contributed by atoms with Crippen molar-refractivity contribution in [3.05, 3.63) is 0 Å². The summed E-state index contributed by atoms with van der Waals surface area (Å²) in [5.74, 6) is 1.51. The highest BCUT2D eigenvalue weighted by Gasteiger charge is 2.26. The minimum absolute atomic E-state index is 0.696. The van der Waals surface area contributed by atoms with Crippen molar-refractivity contribution in [2.75, 3.05) is 19.6 Å². The van der Waals surface area contributed by atoms with Crippen molar-refractivity contribution < 1.29 is 0 Å². The van der Waals surface area contributed by atoms with Crippen molar-refractivity contribution in [3.8, 4) is 0 Å². The third-order valence-electron chi connectivity index (χ3n) is 3.18. The zero-order chi connectivity index (χ0) is 9.84. The lowest BCUT2D eigenvalue weighted by atomic mass is 9.90. The predicted molar refractivity (Wildman–Crippen MR) is 57.7 cm³/mol. The summed E-state index contributed by atoms with van der Waals surface area (Å²) in [6.07, 6.45) is 2.66. The highest BCUT2D eigenvalue weighted by Crippen LogP contribution is 2.23. The van der Waals surface area contributed by atoms with Crippen LogP contribution in [0, 0.1) is 11.8 Å². The van der Waals surface area contributed by atoms with E-state index in [2.05, 4.69) is 25.7 Å². The van der Waals surface area contributed by atoms with Crippen molar-refractivity contribution in [2.24, 2.45) is 17.6 Å². The Morgan fingerprint density at radius 1 is 1.46 bits per heavy atom. The van der Waals surface area contributed by atoms with Gasteiger partial charge in [-0.1, -0.05) is 13.8 Å². The van der Waals surface area contributed by atoms with Crippen LogP contribution in [0.2, 0.25) is 0 Å². The molecule has 1 rings (SSSR count). The molecule has 1 fully saturated rings. The molecule has 2 nitrogen and oxygen atoms in total. The van der Waals surface area contributed by atoms with E-state index >= 15 is 0 Å². The SMILES string of the molecule is CC(C)CN1CCC[C@H](CN)[C@H]1C. The molecule has 1 aliphatic rings. The quantitative estimate of drug-likeness (QED) is 0.723. The third kappa shape index (κ3) is 2.96. The molecule has 0 spiro atoms. The highest BCUT2D eigenvalue weighted by atomic mass is 15.2. The van der Waals surface area contributed by atoms with Crippen molar-refractivity contribution in [2.45, 2.75) is 39.7 Å². The summed E-state index contributed by atoms with van der Waals surface area (Å²) in [6.45, 7) is 10.3. The van der Waals surface area contributed by atoms with Gasteiger partial charge in [-0.05, 0) is 44.7 Å². The first kappa shape index (κ1) is 11.0. The predicted octanol–water partition coefficient (Wildman–Crippen LogP) is 1.70. The van der Waals surface area contributed by atoms with Crippen LogP contribution in [-0.4, -0.2) is 30.6 Å². The van der Waals surface area contributed by atoms with E-state index in [1.165, 1.54) is 25.9 Å². The standard InChI is InChI=1S/C11H24N2/c1-9(2)8-13-6-4-5-11(7-12)10(13)3/h9-11H,4-8,12H2,1-3H3/t10-,11-/m1/s1. The van der Waals surface area contributed by atoms with Crippen LogP contribution in [0.15, 0.2) is 0 Å². The van der Waals surface area contributed by atoms with Gasteiger partial charge in [0.25, 0.3) is 0 Å².